The molecule has 3 nitrogen and oxygen atoms in total. The van der Waals surface area contributed by atoms with E-state index in [1.165, 1.54) is 17.3 Å². The highest BCUT2D eigenvalue weighted by atomic mass is 32.2. The van der Waals surface area contributed by atoms with Crippen LogP contribution in [0.25, 0.3) is 0 Å². The molecule has 0 saturated carbocycles. The smallest absolute Gasteiger partial charge is 0.192 e. The molecule has 2 heterocycles. The van der Waals surface area contributed by atoms with E-state index in [0.717, 1.165) is 18.6 Å². The second kappa shape index (κ2) is 4.75. The Hall–Kier alpha value is -0.900. The van der Waals surface area contributed by atoms with Gasteiger partial charge in [-0.05, 0) is 30.4 Å². The van der Waals surface area contributed by atoms with Crippen LogP contribution in [0.1, 0.15) is 18.9 Å². The summed E-state index contributed by atoms with van der Waals surface area (Å²) in [6, 6.07) is 1.98. The summed E-state index contributed by atoms with van der Waals surface area (Å²) in [5.74, 6) is 1.68. The molecule has 1 aromatic heterocycles. The number of nitrogens with zero attached hydrogens (tertiary/aromatic N) is 2. The number of carbonyl (C=O) groups is 1. The lowest BCUT2D eigenvalue weighted by Crippen LogP contribution is -2.17. The standard InChI is InChI=1S/C11H14N2OS/c1-2-10-9(7-15-11(10)14)5-8-3-4-12-13-6-8/h3-4,6,9-10H,2,5,7H2,1H3. The minimum Gasteiger partial charge on any atom is -0.287 e. The van der Waals surface area contributed by atoms with Gasteiger partial charge in [-0.3, -0.25) is 4.79 Å². The second-order valence-corrected chi connectivity index (χ2v) is 4.88. The van der Waals surface area contributed by atoms with Gasteiger partial charge in [-0.2, -0.15) is 10.2 Å². The Balaban J connectivity index is 2.04. The lowest BCUT2D eigenvalue weighted by atomic mass is 9.88. The Morgan fingerprint density at radius 2 is 2.40 bits per heavy atom. The fourth-order valence-corrected chi connectivity index (χ4v) is 3.35. The Morgan fingerprint density at radius 1 is 1.53 bits per heavy atom. The average Bonchev–Trinajstić information content (AvgIpc) is 2.61. The fourth-order valence-electron chi connectivity index (χ4n) is 2.05. The molecule has 0 N–H and O–H groups in total. The summed E-state index contributed by atoms with van der Waals surface area (Å²) in [6.45, 7) is 2.09. The van der Waals surface area contributed by atoms with Gasteiger partial charge in [-0.1, -0.05) is 18.7 Å². The van der Waals surface area contributed by atoms with Crippen molar-refractivity contribution in [1.29, 1.82) is 0 Å². The molecule has 2 rings (SSSR count). The van der Waals surface area contributed by atoms with E-state index in [0.29, 0.717) is 11.0 Å². The zero-order valence-corrected chi connectivity index (χ0v) is 9.54. The molecule has 0 bridgehead atoms. The first-order valence-corrected chi connectivity index (χ1v) is 6.22. The molecule has 1 aliphatic heterocycles. The van der Waals surface area contributed by atoms with Gasteiger partial charge in [0.25, 0.3) is 0 Å². The normalized spacial score (nSPS) is 25.8. The number of hydrogen-bond donors (Lipinski definition) is 0. The second-order valence-electron chi connectivity index (χ2n) is 3.86. The minimum absolute atomic E-state index is 0.239. The van der Waals surface area contributed by atoms with Crippen LogP contribution < -0.4 is 0 Å². The van der Waals surface area contributed by atoms with E-state index in [1.54, 1.807) is 12.4 Å². The largest absolute Gasteiger partial charge is 0.287 e. The van der Waals surface area contributed by atoms with Gasteiger partial charge in [0, 0.05) is 17.9 Å². The van der Waals surface area contributed by atoms with E-state index >= 15 is 0 Å². The SMILES string of the molecule is CCC1C(=O)SCC1Cc1ccnnc1. The van der Waals surface area contributed by atoms with Crippen LogP contribution in [-0.2, 0) is 11.2 Å². The Kier molecular flexibility index (Phi) is 3.36. The minimum atomic E-state index is 0.239. The molecule has 2 unspecified atom stereocenters. The Bertz CT molecular complexity index is 342. The molecule has 1 aromatic rings. The van der Waals surface area contributed by atoms with Crippen molar-refractivity contribution >= 4 is 16.9 Å². The number of carbonyl (C=O) groups excluding carboxylic acids is 1. The molecule has 1 aliphatic rings. The highest BCUT2D eigenvalue weighted by molar-refractivity contribution is 8.14. The average molecular weight is 222 g/mol. The van der Waals surface area contributed by atoms with Crippen LogP contribution in [0.3, 0.4) is 0 Å². The van der Waals surface area contributed by atoms with E-state index in [9.17, 15) is 4.79 Å². The van der Waals surface area contributed by atoms with Crippen molar-refractivity contribution < 1.29 is 4.79 Å². The van der Waals surface area contributed by atoms with Gasteiger partial charge in [0.1, 0.15) is 0 Å². The monoisotopic (exact) mass is 222 g/mol. The van der Waals surface area contributed by atoms with Gasteiger partial charge < -0.3 is 0 Å². The van der Waals surface area contributed by atoms with Gasteiger partial charge in [-0.25, -0.2) is 0 Å². The molecule has 80 valence electrons. The summed E-state index contributed by atoms with van der Waals surface area (Å²) in [4.78, 5) is 11.5. The third-order valence-electron chi connectivity index (χ3n) is 2.89. The predicted octanol–water partition coefficient (Wildman–Crippen LogP) is 1.93. The van der Waals surface area contributed by atoms with Crippen LogP contribution in [0.2, 0.25) is 0 Å². The molecule has 0 amide bonds. The van der Waals surface area contributed by atoms with Crippen LogP contribution in [0, 0.1) is 11.8 Å². The number of hydrogen-bond acceptors (Lipinski definition) is 4. The van der Waals surface area contributed by atoms with Gasteiger partial charge in [0.15, 0.2) is 5.12 Å². The van der Waals surface area contributed by atoms with Crippen LogP contribution >= 0.6 is 11.8 Å². The van der Waals surface area contributed by atoms with Gasteiger partial charge in [-0.15, -0.1) is 0 Å². The molecular weight excluding hydrogens is 208 g/mol. The molecule has 4 heteroatoms. The van der Waals surface area contributed by atoms with E-state index in [-0.39, 0.29) is 5.92 Å². The van der Waals surface area contributed by atoms with Crippen LogP contribution in [0.4, 0.5) is 0 Å². The fraction of sp³-hybridized carbons (Fsp3) is 0.545. The summed E-state index contributed by atoms with van der Waals surface area (Å²) in [5.41, 5.74) is 1.18. The maximum Gasteiger partial charge on any atom is 0.192 e. The number of aromatic nitrogens is 2. The first-order valence-electron chi connectivity index (χ1n) is 5.23. The van der Waals surface area contributed by atoms with Crippen molar-refractivity contribution in [3.63, 3.8) is 0 Å². The molecule has 0 aromatic carbocycles. The summed E-state index contributed by atoms with van der Waals surface area (Å²) in [5, 5.41) is 7.97. The number of thioether (sulfide) groups is 1. The zero-order valence-electron chi connectivity index (χ0n) is 8.72. The molecule has 15 heavy (non-hydrogen) atoms. The molecule has 0 spiro atoms. The molecule has 2 atom stereocenters. The molecule has 0 radical (unpaired) electrons. The van der Waals surface area contributed by atoms with Gasteiger partial charge in [0.05, 0.1) is 6.20 Å². The Labute approximate surface area is 93.7 Å². The maximum atomic E-state index is 11.5. The van der Waals surface area contributed by atoms with Crippen molar-refractivity contribution in [3.05, 3.63) is 24.0 Å². The topological polar surface area (TPSA) is 42.9 Å². The zero-order chi connectivity index (χ0) is 10.7. The predicted molar refractivity (Wildman–Crippen MR) is 60.5 cm³/mol. The summed E-state index contributed by atoms with van der Waals surface area (Å²) < 4.78 is 0. The summed E-state index contributed by atoms with van der Waals surface area (Å²) in [7, 11) is 0. The Morgan fingerprint density at radius 3 is 3.07 bits per heavy atom. The van der Waals surface area contributed by atoms with Crippen molar-refractivity contribution in [2.45, 2.75) is 19.8 Å². The lowest BCUT2D eigenvalue weighted by Gasteiger charge is -2.14. The van der Waals surface area contributed by atoms with Crippen molar-refractivity contribution in [1.82, 2.24) is 10.2 Å². The van der Waals surface area contributed by atoms with Crippen LogP contribution in [0.15, 0.2) is 18.5 Å². The highest BCUT2D eigenvalue weighted by Crippen LogP contribution is 2.35. The highest BCUT2D eigenvalue weighted by Gasteiger charge is 2.33. The third-order valence-corrected chi connectivity index (χ3v) is 4.08. The van der Waals surface area contributed by atoms with Gasteiger partial charge in [0.2, 0.25) is 0 Å². The van der Waals surface area contributed by atoms with Gasteiger partial charge >= 0.3 is 0 Å². The van der Waals surface area contributed by atoms with Crippen molar-refractivity contribution in [3.8, 4) is 0 Å². The lowest BCUT2D eigenvalue weighted by molar-refractivity contribution is -0.114. The van der Waals surface area contributed by atoms with E-state index < -0.39 is 0 Å². The third kappa shape index (κ3) is 2.37. The van der Waals surface area contributed by atoms with Crippen molar-refractivity contribution in [2.24, 2.45) is 11.8 Å². The summed E-state index contributed by atoms with van der Waals surface area (Å²) >= 11 is 1.48. The molecule has 1 fully saturated rings. The number of rotatable bonds is 3. The van der Waals surface area contributed by atoms with Crippen LogP contribution in [0.5, 0.6) is 0 Å². The molecular formula is C11H14N2OS. The van der Waals surface area contributed by atoms with E-state index in [1.807, 2.05) is 6.07 Å². The first-order chi connectivity index (χ1) is 7.31. The molecule has 1 saturated heterocycles. The van der Waals surface area contributed by atoms with Crippen LogP contribution in [-0.4, -0.2) is 21.1 Å². The molecule has 0 aliphatic carbocycles. The van der Waals surface area contributed by atoms with E-state index in [2.05, 4.69) is 17.1 Å². The van der Waals surface area contributed by atoms with E-state index in [4.69, 9.17) is 0 Å². The van der Waals surface area contributed by atoms with Crippen molar-refractivity contribution in [2.75, 3.05) is 5.75 Å². The first kappa shape index (κ1) is 10.6. The quantitative estimate of drug-likeness (QED) is 0.783. The summed E-state index contributed by atoms with van der Waals surface area (Å²) in [6.07, 6.45) is 5.40. The maximum absolute atomic E-state index is 11.5.